The molecule has 11 heteroatoms. The van der Waals surface area contributed by atoms with Crippen LogP contribution < -0.4 is 27.4 Å². The number of benzene rings is 2. The Morgan fingerprint density at radius 3 is 2.50 bits per heavy atom. The van der Waals surface area contributed by atoms with Gasteiger partial charge in [0.1, 0.15) is 10.6 Å². The highest BCUT2D eigenvalue weighted by molar-refractivity contribution is 7.22. The lowest BCUT2D eigenvalue weighted by Gasteiger charge is -2.14. The SMILES string of the molecule is C=C/C(=C\CC)n1c(=O)c2c(CNC)c(-c3ccc(NC(=O)NOC)cc3)sc2n(Cc2ccccc2F)c1=O. The van der Waals surface area contributed by atoms with E-state index in [0.717, 1.165) is 15.0 Å². The molecule has 0 aliphatic rings. The van der Waals surface area contributed by atoms with Gasteiger partial charge >= 0.3 is 11.7 Å². The number of hydrogen-bond donors (Lipinski definition) is 3. The van der Waals surface area contributed by atoms with Gasteiger partial charge in [-0.2, -0.15) is 0 Å². The highest BCUT2D eigenvalue weighted by Gasteiger charge is 2.24. The Kier molecular flexibility index (Phi) is 9.10. The van der Waals surface area contributed by atoms with Gasteiger partial charge < -0.3 is 10.6 Å². The van der Waals surface area contributed by atoms with Crippen LogP contribution in [0.4, 0.5) is 14.9 Å². The van der Waals surface area contributed by atoms with E-state index in [2.05, 4.69) is 27.5 Å². The number of aromatic nitrogens is 2. The fourth-order valence-electron chi connectivity index (χ4n) is 4.44. The van der Waals surface area contributed by atoms with Gasteiger partial charge in [-0.25, -0.2) is 24.0 Å². The highest BCUT2D eigenvalue weighted by atomic mass is 32.1. The zero-order valence-electron chi connectivity index (χ0n) is 22.4. The maximum absolute atomic E-state index is 14.7. The van der Waals surface area contributed by atoms with Crippen molar-refractivity contribution in [3.63, 3.8) is 0 Å². The van der Waals surface area contributed by atoms with E-state index in [0.29, 0.717) is 45.7 Å². The molecule has 2 aromatic carbocycles. The average Bonchev–Trinajstić information content (AvgIpc) is 3.31. The van der Waals surface area contributed by atoms with Crippen LogP contribution in [-0.2, 0) is 17.9 Å². The number of carbonyl (C=O) groups excluding carboxylic acids is 1. The summed E-state index contributed by atoms with van der Waals surface area (Å²) >= 11 is 1.29. The number of hydroxylamine groups is 1. The number of thiophene rings is 1. The zero-order valence-corrected chi connectivity index (χ0v) is 23.2. The van der Waals surface area contributed by atoms with Crippen molar-refractivity contribution in [3.8, 4) is 10.4 Å². The summed E-state index contributed by atoms with van der Waals surface area (Å²) in [5.74, 6) is -0.443. The molecule has 208 valence electrons. The molecule has 0 fully saturated rings. The molecule has 0 radical (unpaired) electrons. The molecule has 2 aromatic heterocycles. The second-order valence-corrected chi connectivity index (χ2v) is 9.80. The number of nitrogens with one attached hydrogen (secondary N) is 3. The summed E-state index contributed by atoms with van der Waals surface area (Å²) in [7, 11) is 3.11. The van der Waals surface area contributed by atoms with Crippen LogP contribution in [0.25, 0.3) is 26.4 Å². The van der Waals surface area contributed by atoms with Crippen molar-refractivity contribution < 1.29 is 14.0 Å². The number of anilines is 1. The monoisotopic (exact) mass is 563 g/mol. The summed E-state index contributed by atoms with van der Waals surface area (Å²) in [6.45, 7) is 6.00. The minimum absolute atomic E-state index is 0.0603. The summed E-state index contributed by atoms with van der Waals surface area (Å²) in [6.07, 6.45) is 3.81. The maximum Gasteiger partial charge on any atom is 0.343 e. The Balaban J connectivity index is 2.00. The maximum atomic E-state index is 14.7. The van der Waals surface area contributed by atoms with Crippen LogP contribution in [0.1, 0.15) is 24.5 Å². The Labute approximate surface area is 234 Å². The summed E-state index contributed by atoms with van der Waals surface area (Å²) in [4.78, 5) is 45.5. The molecule has 0 atom stereocenters. The van der Waals surface area contributed by atoms with Crippen molar-refractivity contribution in [2.75, 3.05) is 19.5 Å². The van der Waals surface area contributed by atoms with E-state index in [4.69, 9.17) is 0 Å². The van der Waals surface area contributed by atoms with Gasteiger partial charge in [0.05, 0.1) is 19.0 Å². The quantitative estimate of drug-likeness (QED) is 0.188. The molecule has 0 bridgehead atoms. The molecule has 0 aliphatic heterocycles. The Bertz CT molecular complexity index is 1700. The van der Waals surface area contributed by atoms with Crippen LogP contribution in [0.5, 0.6) is 0 Å². The summed E-state index contributed by atoms with van der Waals surface area (Å²) in [6, 6.07) is 12.8. The normalized spacial score (nSPS) is 11.6. The van der Waals surface area contributed by atoms with Crippen molar-refractivity contribution in [2.45, 2.75) is 26.4 Å². The minimum atomic E-state index is -0.576. The summed E-state index contributed by atoms with van der Waals surface area (Å²) in [5, 5.41) is 6.15. The molecule has 0 saturated carbocycles. The third-order valence-electron chi connectivity index (χ3n) is 6.19. The molecule has 0 spiro atoms. The summed E-state index contributed by atoms with van der Waals surface area (Å²) in [5.41, 5.74) is 3.87. The van der Waals surface area contributed by atoms with E-state index in [1.165, 1.54) is 35.2 Å². The molecule has 4 rings (SSSR count). The zero-order chi connectivity index (χ0) is 28.8. The van der Waals surface area contributed by atoms with Crippen molar-refractivity contribution in [2.24, 2.45) is 0 Å². The molecular weight excluding hydrogens is 533 g/mol. The standard InChI is InChI=1S/C29H30FN5O4S/c1-5-9-21(6-2)35-26(36)24-22(16-31-3)25(18-12-14-20(15-13-18)32-28(37)33-39-4)40-27(24)34(29(35)38)17-19-10-7-8-11-23(19)30/h6-15,31H,2,5,16-17H2,1,3-4H3,(H2,32,33,37)/b21-9+. The van der Waals surface area contributed by atoms with Crippen LogP contribution in [0.2, 0.25) is 0 Å². The number of amides is 2. The number of hydrogen-bond acceptors (Lipinski definition) is 6. The van der Waals surface area contributed by atoms with E-state index in [9.17, 15) is 18.8 Å². The van der Waals surface area contributed by atoms with Gasteiger partial charge in [0, 0.05) is 28.4 Å². The Morgan fingerprint density at radius 2 is 1.88 bits per heavy atom. The Hall–Kier alpha value is -4.32. The third-order valence-corrected chi connectivity index (χ3v) is 7.50. The molecule has 2 amide bonds. The van der Waals surface area contributed by atoms with Gasteiger partial charge in [-0.3, -0.25) is 14.2 Å². The molecule has 4 aromatic rings. The lowest BCUT2D eigenvalue weighted by molar-refractivity contribution is 0.114. The molecule has 0 unspecified atom stereocenters. The first-order chi connectivity index (χ1) is 19.3. The Morgan fingerprint density at radius 1 is 1.15 bits per heavy atom. The van der Waals surface area contributed by atoms with E-state index in [1.807, 2.05) is 19.1 Å². The molecular formula is C29H30FN5O4S. The second kappa shape index (κ2) is 12.7. The van der Waals surface area contributed by atoms with Crippen molar-refractivity contribution in [1.82, 2.24) is 19.9 Å². The van der Waals surface area contributed by atoms with Crippen LogP contribution in [0.15, 0.2) is 76.9 Å². The minimum Gasteiger partial charge on any atom is -0.316 e. The first-order valence-corrected chi connectivity index (χ1v) is 13.4. The van der Waals surface area contributed by atoms with Gasteiger partial charge in [-0.15, -0.1) is 11.3 Å². The average molecular weight is 564 g/mol. The smallest absolute Gasteiger partial charge is 0.316 e. The molecule has 9 nitrogen and oxygen atoms in total. The van der Waals surface area contributed by atoms with Gasteiger partial charge in [0.2, 0.25) is 0 Å². The number of halogens is 1. The van der Waals surface area contributed by atoms with E-state index in [1.54, 1.807) is 43.5 Å². The van der Waals surface area contributed by atoms with Crippen molar-refractivity contribution >= 4 is 39.0 Å². The number of nitrogens with zero attached hydrogens (tertiary/aromatic N) is 2. The third kappa shape index (κ3) is 5.67. The van der Waals surface area contributed by atoms with Crippen LogP contribution >= 0.6 is 11.3 Å². The van der Waals surface area contributed by atoms with Gasteiger partial charge in [0.15, 0.2) is 0 Å². The van der Waals surface area contributed by atoms with E-state index < -0.39 is 23.1 Å². The van der Waals surface area contributed by atoms with Crippen molar-refractivity contribution in [3.05, 3.63) is 105 Å². The first kappa shape index (κ1) is 28.7. The predicted octanol–water partition coefficient (Wildman–Crippen LogP) is 4.92. The van der Waals surface area contributed by atoms with Crippen LogP contribution in [-0.4, -0.2) is 29.3 Å². The predicted molar refractivity (Wildman–Crippen MR) is 158 cm³/mol. The lowest BCUT2D eigenvalue weighted by Crippen LogP contribution is -2.39. The number of urea groups is 1. The summed E-state index contributed by atoms with van der Waals surface area (Å²) < 4.78 is 17.3. The fourth-order valence-corrected chi connectivity index (χ4v) is 5.75. The second-order valence-electron chi connectivity index (χ2n) is 8.80. The molecule has 2 heterocycles. The van der Waals surface area contributed by atoms with Gasteiger partial charge in [0.25, 0.3) is 5.56 Å². The van der Waals surface area contributed by atoms with Crippen molar-refractivity contribution in [1.29, 1.82) is 0 Å². The highest BCUT2D eigenvalue weighted by Crippen LogP contribution is 2.37. The molecule has 3 N–H and O–H groups in total. The molecule has 40 heavy (non-hydrogen) atoms. The van der Waals surface area contributed by atoms with Crippen LogP contribution in [0, 0.1) is 5.82 Å². The molecule has 0 saturated heterocycles. The first-order valence-electron chi connectivity index (χ1n) is 12.6. The van der Waals surface area contributed by atoms with E-state index in [-0.39, 0.29) is 6.54 Å². The largest absolute Gasteiger partial charge is 0.343 e. The lowest BCUT2D eigenvalue weighted by atomic mass is 10.1. The number of allylic oxidation sites excluding steroid dienone is 3. The molecule has 0 aliphatic carbocycles. The number of fused-ring (bicyclic) bond motifs is 1. The van der Waals surface area contributed by atoms with Gasteiger partial charge in [-0.1, -0.05) is 49.9 Å². The number of carbonyl (C=O) groups is 1. The fraction of sp³-hybridized carbons (Fsp3) is 0.207. The van der Waals surface area contributed by atoms with E-state index >= 15 is 0 Å². The van der Waals surface area contributed by atoms with Crippen LogP contribution in [0.3, 0.4) is 0 Å². The topological polar surface area (TPSA) is 106 Å². The number of rotatable bonds is 10. The van der Waals surface area contributed by atoms with Gasteiger partial charge in [-0.05, 0) is 48.9 Å².